The Labute approximate surface area is 232 Å². The molecular formula is C34H62ClP. The first kappa shape index (κ1) is 33.7. The van der Waals surface area contributed by atoms with E-state index in [4.69, 9.17) is 11.2 Å². The van der Waals surface area contributed by atoms with Gasteiger partial charge >= 0.3 is 233 Å². The summed E-state index contributed by atoms with van der Waals surface area (Å²) in [6.45, 7) is 10.9. The minimum absolute atomic E-state index is 1.15. The van der Waals surface area contributed by atoms with E-state index in [0.717, 1.165) is 6.42 Å². The predicted octanol–water partition coefficient (Wildman–Crippen LogP) is 12.7. The van der Waals surface area contributed by atoms with Gasteiger partial charge in [-0.25, -0.2) is 0 Å². The van der Waals surface area contributed by atoms with Gasteiger partial charge in [0.15, 0.2) is 0 Å². The molecule has 1 aromatic rings. The zero-order valence-electron chi connectivity index (χ0n) is 24.7. The van der Waals surface area contributed by atoms with Gasteiger partial charge in [-0.3, -0.25) is 0 Å². The van der Waals surface area contributed by atoms with Crippen LogP contribution in [0.3, 0.4) is 0 Å². The first-order chi connectivity index (χ1) is 17.5. The van der Waals surface area contributed by atoms with Crippen molar-refractivity contribution in [2.45, 2.75) is 143 Å². The Morgan fingerprint density at radius 1 is 0.556 bits per heavy atom. The van der Waals surface area contributed by atoms with Crippen LogP contribution in [0.5, 0.6) is 0 Å². The van der Waals surface area contributed by atoms with Gasteiger partial charge in [-0.15, -0.1) is 0 Å². The molecule has 1 rings (SSSR count). The normalized spacial score (nSPS) is 12.9. The molecule has 0 atom stereocenters. The fourth-order valence-electron chi connectivity index (χ4n) is 5.76. The van der Waals surface area contributed by atoms with Crippen LogP contribution in [0.4, 0.5) is 0 Å². The zero-order chi connectivity index (χ0) is 26.4. The molecule has 1 aromatic carbocycles. The van der Waals surface area contributed by atoms with Gasteiger partial charge in [0.2, 0.25) is 0 Å². The second-order valence-electron chi connectivity index (χ2n) is 11.7. The van der Waals surface area contributed by atoms with E-state index in [9.17, 15) is 0 Å². The van der Waals surface area contributed by atoms with Crippen molar-refractivity contribution in [3.8, 4) is 0 Å². The van der Waals surface area contributed by atoms with Crippen molar-refractivity contribution in [3.63, 3.8) is 0 Å². The van der Waals surface area contributed by atoms with Gasteiger partial charge in [0.25, 0.3) is 0 Å². The average Bonchev–Trinajstić information content (AvgIpc) is 2.90. The van der Waals surface area contributed by atoms with Crippen molar-refractivity contribution in [3.05, 3.63) is 42.0 Å². The van der Waals surface area contributed by atoms with Crippen molar-refractivity contribution in [2.24, 2.45) is 0 Å². The number of hydrogen-bond acceptors (Lipinski definition) is 0. The number of halogens is 1. The Morgan fingerprint density at radius 2 is 0.917 bits per heavy atom. The minimum atomic E-state index is -2.25. The number of hydrogen-bond donors (Lipinski definition) is 0. The van der Waals surface area contributed by atoms with Gasteiger partial charge in [0, 0.05) is 0 Å². The molecule has 0 heterocycles. The number of unbranched alkanes of at least 4 members (excludes halogenated alkanes) is 15. The van der Waals surface area contributed by atoms with Crippen molar-refractivity contribution in [1.29, 1.82) is 0 Å². The molecular weight excluding hydrogens is 475 g/mol. The fraction of sp³-hybridized carbons (Fsp3) is 0.765. The summed E-state index contributed by atoms with van der Waals surface area (Å²) >= 11 is 8.14. The van der Waals surface area contributed by atoms with Crippen LogP contribution < -0.4 is 0 Å². The molecule has 0 aliphatic heterocycles. The predicted molar refractivity (Wildman–Crippen MR) is 173 cm³/mol. The summed E-state index contributed by atoms with van der Waals surface area (Å²) in [5, 5.41) is 0. The van der Waals surface area contributed by atoms with Crippen molar-refractivity contribution < 1.29 is 0 Å². The Bertz CT molecular complexity index is 606. The second-order valence-corrected chi connectivity index (χ2v) is 20.0. The van der Waals surface area contributed by atoms with Crippen LogP contribution in [-0.2, 0) is 6.42 Å². The van der Waals surface area contributed by atoms with Gasteiger partial charge in [0.05, 0.1) is 0 Å². The third kappa shape index (κ3) is 15.2. The summed E-state index contributed by atoms with van der Waals surface area (Å²) in [5.74, 6) is -2.25. The summed E-state index contributed by atoms with van der Waals surface area (Å²) in [6.07, 6.45) is 33.1. The second kappa shape index (κ2) is 20.6. The van der Waals surface area contributed by atoms with E-state index in [2.05, 4.69) is 51.6 Å². The SMILES string of the molecule is C=Cc1ccc(CCP(Cl)(CCCCCCCC)(CCCCCCCC)CCCCCCCC)cc1. The molecule has 0 aliphatic carbocycles. The Morgan fingerprint density at radius 3 is 1.28 bits per heavy atom. The van der Waals surface area contributed by atoms with E-state index in [1.54, 1.807) is 0 Å². The van der Waals surface area contributed by atoms with Crippen LogP contribution in [0.2, 0.25) is 0 Å². The van der Waals surface area contributed by atoms with Crippen LogP contribution in [0.1, 0.15) is 147 Å². The topological polar surface area (TPSA) is 0 Å². The van der Waals surface area contributed by atoms with Gasteiger partial charge < -0.3 is 0 Å². The third-order valence-electron chi connectivity index (χ3n) is 8.39. The number of benzene rings is 1. The van der Waals surface area contributed by atoms with E-state index >= 15 is 0 Å². The average molecular weight is 537 g/mol. The third-order valence-corrected chi connectivity index (χ3v) is 16.1. The Hall–Kier alpha value is -0.320. The summed E-state index contributed by atoms with van der Waals surface area (Å²) in [6, 6.07) is 9.08. The van der Waals surface area contributed by atoms with E-state index in [1.165, 1.54) is 151 Å². The quantitative estimate of drug-likeness (QED) is 0.0860. The molecule has 0 N–H and O–H groups in total. The van der Waals surface area contributed by atoms with Crippen molar-refractivity contribution >= 4 is 23.3 Å². The van der Waals surface area contributed by atoms with E-state index in [0.29, 0.717) is 0 Å². The molecule has 0 saturated carbocycles. The monoisotopic (exact) mass is 536 g/mol. The first-order valence-corrected chi connectivity index (χ1v) is 19.8. The number of rotatable bonds is 25. The van der Waals surface area contributed by atoms with E-state index in [1.807, 2.05) is 6.08 Å². The summed E-state index contributed by atoms with van der Waals surface area (Å²) in [7, 11) is 0. The maximum absolute atomic E-state index is 8.14. The molecule has 0 aromatic heterocycles. The maximum atomic E-state index is 8.14. The van der Waals surface area contributed by atoms with Crippen LogP contribution in [-0.4, -0.2) is 24.6 Å². The standard InChI is InChI=1S/C34H62ClP/c1-5-9-12-15-18-21-29-36(35,30-22-19-16-13-10-6-2,31-23-20-17-14-11-7-3)32-28-34-26-24-33(8-4)25-27-34/h8,24-27H,4-7,9-23,28-32H2,1-3H3. The van der Waals surface area contributed by atoms with Crippen LogP contribution in [0, 0.1) is 0 Å². The molecule has 0 nitrogen and oxygen atoms in total. The molecule has 0 aliphatic rings. The van der Waals surface area contributed by atoms with Crippen LogP contribution >= 0.6 is 17.2 Å². The Kier molecular flexibility index (Phi) is 19.3. The molecule has 0 unspecified atom stereocenters. The molecule has 0 radical (unpaired) electrons. The zero-order valence-corrected chi connectivity index (χ0v) is 26.3. The Balaban J connectivity index is 2.90. The van der Waals surface area contributed by atoms with Gasteiger partial charge in [-0.05, 0) is 0 Å². The molecule has 36 heavy (non-hydrogen) atoms. The van der Waals surface area contributed by atoms with Crippen molar-refractivity contribution in [2.75, 3.05) is 24.6 Å². The molecule has 2 heteroatoms. The number of aryl methyl sites for hydroxylation is 1. The molecule has 0 saturated heterocycles. The summed E-state index contributed by atoms with van der Waals surface area (Å²) < 4.78 is 0. The summed E-state index contributed by atoms with van der Waals surface area (Å²) in [5.41, 5.74) is 2.68. The summed E-state index contributed by atoms with van der Waals surface area (Å²) in [4.78, 5) is 0. The van der Waals surface area contributed by atoms with Crippen LogP contribution in [0.15, 0.2) is 30.8 Å². The van der Waals surface area contributed by atoms with Gasteiger partial charge in [-0.2, -0.15) is 0 Å². The molecule has 210 valence electrons. The first-order valence-electron chi connectivity index (χ1n) is 15.9. The van der Waals surface area contributed by atoms with E-state index in [-0.39, 0.29) is 0 Å². The fourth-order valence-corrected chi connectivity index (χ4v) is 12.3. The van der Waals surface area contributed by atoms with E-state index < -0.39 is 5.96 Å². The molecule has 0 amide bonds. The van der Waals surface area contributed by atoms with Gasteiger partial charge in [0.1, 0.15) is 0 Å². The molecule has 0 fully saturated rings. The molecule has 0 bridgehead atoms. The van der Waals surface area contributed by atoms with Crippen LogP contribution in [0.25, 0.3) is 6.08 Å². The van der Waals surface area contributed by atoms with Crippen molar-refractivity contribution in [1.82, 2.24) is 0 Å². The van der Waals surface area contributed by atoms with Gasteiger partial charge in [-0.1, -0.05) is 0 Å². The molecule has 0 spiro atoms.